The van der Waals surface area contributed by atoms with Crippen LogP contribution in [0.4, 0.5) is 5.82 Å². The van der Waals surface area contributed by atoms with E-state index in [0.29, 0.717) is 28.1 Å². The van der Waals surface area contributed by atoms with Gasteiger partial charge in [0.25, 0.3) is 0 Å². The SMILES string of the molecule is CS(=O)(=O)Nc1ncn(Cc2c(Cl)cccc2Cl)c2ncnc1-2. The van der Waals surface area contributed by atoms with E-state index in [1.807, 2.05) is 0 Å². The van der Waals surface area contributed by atoms with Crippen LogP contribution in [0, 0.1) is 0 Å². The zero-order valence-corrected chi connectivity index (χ0v) is 14.2. The number of fused-ring (bicyclic) bond motifs is 1. The molecule has 0 atom stereocenters. The molecule has 2 aliphatic heterocycles. The summed E-state index contributed by atoms with van der Waals surface area (Å²) in [5.41, 5.74) is 1.07. The first-order chi connectivity index (χ1) is 10.8. The number of aromatic nitrogens is 4. The van der Waals surface area contributed by atoms with Crippen LogP contribution in [0.1, 0.15) is 5.56 Å². The van der Waals surface area contributed by atoms with Crippen molar-refractivity contribution in [2.45, 2.75) is 6.54 Å². The Kier molecular flexibility index (Phi) is 4.13. The molecule has 0 radical (unpaired) electrons. The van der Waals surface area contributed by atoms with Gasteiger partial charge in [-0.15, -0.1) is 0 Å². The molecule has 0 saturated heterocycles. The highest BCUT2D eigenvalue weighted by molar-refractivity contribution is 7.92. The maximum Gasteiger partial charge on any atom is 0.231 e. The fourth-order valence-corrected chi connectivity index (χ4v) is 3.12. The van der Waals surface area contributed by atoms with Crippen LogP contribution in [-0.4, -0.2) is 34.2 Å². The first-order valence-electron chi connectivity index (χ1n) is 6.41. The van der Waals surface area contributed by atoms with Gasteiger partial charge in [-0.1, -0.05) is 29.3 Å². The topological polar surface area (TPSA) is 89.8 Å². The summed E-state index contributed by atoms with van der Waals surface area (Å²) >= 11 is 12.4. The summed E-state index contributed by atoms with van der Waals surface area (Å²) in [6.07, 6.45) is 3.84. The Morgan fingerprint density at radius 2 is 1.87 bits per heavy atom. The zero-order valence-electron chi connectivity index (χ0n) is 11.9. The van der Waals surface area contributed by atoms with Crippen molar-refractivity contribution >= 4 is 39.0 Å². The normalized spacial score (nSPS) is 11.8. The van der Waals surface area contributed by atoms with Crippen molar-refractivity contribution in [2.75, 3.05) is 11.0 Å². The number of sulfonamides is 1. The number of anilines is 1. The molecule has 0 unspecified atom stereocenters. The largest absolute Gasteiger partial charge is 0.310 e. The van der Waals surface area contributed by atoms with Gasteiger partial charge < -0.3 is 4.57 Å². The average Bonchev–Trinajstić information content (AvgIpc) is 2.93. The number of benzene rings is 1. The summed E-state index contributed by atoms with van der Waals surface area (Å²) in [7, 11) is -3.46. The highest BCUT2D eigenvalue weighted by Gasteiger charge is 2.20. The molecule has 1 aromatic carbocycles. The van der Waals surface area contributed by atoms with Gasteiger partial charge in [-0.2, -0.15) is 0 Å². The molecule has 23 heavy (non-hydrogen) atoms. The highest BCUT2D eigenvalue weighted by atomic mass is 35.5. The predicted octanol–water partition coefficient (Wildman–Crippen LogP) is 2.50. The van der Waals surface area contributed by atoms with Crippen LogP contribution in [0.25, 0.3) is 11.5 Å². The van der Waals surface area contributed by atoms with Gasteiger partial charge in [-0.05, 0) is 12.1 Å². The summed E-state index contributed by atoms with van der Waals surface area (Å²) in [4.78, 5) is 12.3. The fraction of sp³-hybridized carbons (Fsp3) is 0.154. The number of hydrogen-bond acceptors (Lipinski definition) is 5. The van der Waals surface area contributed by atoms with E-state index in [-0.39, 0.29) is 5.82 Å². The molecule has 0 bridgehead atoms. The van der Waals surface area contributed by atoms with E-state index in [2.05, 4.69) is 19.7 Å². The minimum Gasteiger partial charge on any atom is -0.310 e. The van der Waals surface area contributed by atoms with Crippen molar-refractivity contribution in [2.24, 2.45) is 0 Å². The molecule has 0 aliphatic carbocycles. The number of rotatable bonds is 4. The van der Waals surface area contributed by atoms with Crippen molar-refractivity contribution in [3.05, 3.63) is 46.5 Å². The fourth-order valence-electron chi connectivity index (χ4n) is 2.10. The number of nitrogens with one attached hydrogen (secondary N) is 1. The third-order valence-corrected chi connectivity index (χ3v) is 4.35. The Morgan fingerprint density at radius 3 is 2.52 bits per heavy atom. The van der Waals surface area contributed by atoms with Crippen molar-refractivity contribution < 1.29 is 8.42 Å². The van der Waals surface area contributed by atoms with Gasteiger partial charge in [0, 0.05) is 15.6 Å². The molecule has 1 N–H and O–H groups in total. The van der Waals surface area contributed by atoms with Crippen LogP contribution in [0.15, 0.2) is 30.9 Å². The first kappa shape index (κ1) is 16.0. The van der Waals surface area contributed by atoms with E-state index in [1.165, 1.54) is 12.7 Å². The van der Waals surface area contributed by atoms with Gasteiger partial charge in [-0.3, -0.25) is 4.72 Å². The minimum absolute atomic E-state index is 0.126. The second-order valence-corrected chi connectivity index (χ2v) is 7.40. The predicted molar refractivity (Wildman–Crippen MR) is 88.5 cm³/mol. The second kappa shape index (κ2) is 5.95. The summed E-state index contributed by atoms with van der Waals surface area (Å²) in [5, 5.41) is 1.05. The third-order valence-electron chi connectivity index (χ3n) is 3.07. The van der Waals surface area contributed by atoms with Crippen LogP contribution in [0.3, 0.4) is 0 Å². The Bertz CT molecular complexity index is 921. The van der Waals surface area contributed by atoms with E-state index >= 15 is 0 Å². The molecule has 2 aliphatic rings. The van der Waals surface area contributed by atoms with E-state index < -0.39 is 10.0 Å². The van der Waals surface area contributed by atoms with Crippen LogP contribution in [0.5, 0.6) is 0 Å². The summed E-state index contributed by atoms with van der Waals surface area (Å²) in [6, 6.07) is 5.24. The first-order valence-corrected chi connectivity index (χ1v) is 9.06. The van der Waals surface area contributed by atoms with Crippen molar-refractivity contribution in [3.63, 3.8) is 0 Å². The molecule has 2 heterocycles. The van der Waals surface area contributed by atoms with Gasteiger partial charge >= 0.3 is 0 Å². The maximum absolute atomic E-state index is 11.4. The van der Waals surface area contributed by atoms with E-state index in [0.717, 1.165) is 11.8 Å². The molecule has 0 amide bonds. The molecule has 3 rings (SSSR count). The second-order valence-electron chi connectivity index (χ2n) is 4.84. The molecule has 0 fully saturated rings. The quantitative estimate of drug-likeness (QED) is 0.760. The van der Waals surface area contributed by atoms with Gasteiger partial charge in [0.05, 0.1) is 19.1 Å². The van der Waals surface area contributed by atoms with Gasteiger partial charge in [0.15, 0.2) is 17.3 Å². The molecular weight excluding hydrogens is 361 g/mol. The van der Waals surface area contributed by atoms with E-state index in [1.54, 1.807) is 22.8 Å². The molecule has 0 spiro atoms. The smallest absolute Gasteiger partial charge is 0.231 e. The molecular formula is C13H11Cl2N5O2S. The summed E-state index contributed by atoms with van der Waals surface area (Å²) < 4.78 is 26.8. The molecule has 0 saturated carbocycles. The van der Waals surface area contributed by atoms with Gasteiger partial charge in [-0.25, -0.2) is 23.4 Å². The van der Waals surface area contributed by atoms with Gasteiger partial charge in [0.2, 0.25) is 10.0 Å². The Hall–Kier alpha value is -1.90. The minimum atomic E-state index is -3.46. The van der Waals surface area contributed by atoms with Crippen LogP contribution < -0.4 is 4.72 Å². The standard InChI is InChI=1S/C13H11Cl2N5O2S/c1-23(21,22)19-12-11-13(17-6-16-11)20(7-18-12)5-8-9(14)3-2-4-10(8)15/h2-4,6-7,19H,5H2,1H3. The maximum atomic E-state index is 11.4. The Balaban J connectivity index is 2.04. The monoisotopic (exact) mass is 371 g/mol. The van der Waals surface area contributed by atoms with E-state index in [4.69, 9.17) is 23.2 Å². The Labute approximate surface area is 142 Å². The van der Waals surface area contributed by atoms with Crippen LogP contribution >= 0.6 is 23.2 Å². The third kappa shape index (κ3) is 3.39. The molecule has 0 aromatic heterocycles. The van der Waals surface area contributed by atoms with Gasteiger partial charge in [0.1, 0.15) is 6.33 Å². The number of imidazole rings is 1. The highest BCUT2D eigenvalue weighted by Crippen LogP contribution is 2.29. The summed E-state index contributed by atoms with van der Waals surface area (Å²) in [6.45, 7) is 0.333. The van der Waals surface area contributed by atoms with Crippen molar-refractivity contribution in [3.8, 4) is 11.5 Å². The molecule has 10 heteroatoms. The number of nitrogens with zero attached hydrogens (tertiary/aromatic N) is 4. The Morgan fingerprint density at radius 1 is 1.17 bits per heavy atom. The van der Waals surface area contributed by atoms with Crippen molar-refractivity contribution in [1.82, 2.24) is 19.5 Å². The average molecular weight is 372 g/mol. The lowest BCUT2D eigenvalue weighted by Crippen LogP contribution is -2.15. The van der Waals surface area contributed by atoms with Crippen LogP contribution in [-0.2, 0) is 16.6 Å². The van der Waals surface area contributed by atoms with E-state index in [9.17, 15) is 8.42 Å². The lowest BCUT2D eigenvalue weighted by Gasteiger charge is -2.15. The molecule has 7 nitrogen and oxygen atoms in total. The molecule has 120 valence electrons. The number of hydrogen-bond donors (Lipinski definition) is 1. The molecule has 1 aromatic rings. The zero-order chi connectivity index (χ0) is 16.6. The summed E-state index contributed by atoms with van der Waals surface area (Å²) in [5.74, 6) is 0.601. The number of halogens is 2. The van der Waals surface area contributed by atoms with Crippen LogP contribution in [0.2, 0.25) is 10.0 Å². The lowest BCUT2D eigenvalue weighted by atomic mass is 10.2. The van der Waals surface area contributed by atoms with Crippen molar-refractivity contribution in [1.29, 1.82) is 0 Å². The lowest BCUT2D eigenvalue weighted by molar-refractivity contribution is 0.606.